The number of aryl methyl sites for hydroxylation is 1. The fourth-order valence-corrected chi connectivity index (χ4v) is 1.48. The van der Waals surface area contributed by atoms with Crippen LogP contribution >= 0.6 is 0 Å². The second-order valence-electron chi connectivity index (χ2n) is 3.53. The second kappa shape index (κ2) is 2.55. The number of nitrogens with one attached hydrogen (secondary N) is 1. The van der Waals surface area contributed by atoms with Crippen LogP contribution in [0.3, 0.4) is 0 Å². The first-order valence-electron chi connectivity index (χ1n) is 4.28. The molecule has 0 bridgehead atoms. The average molecular weight is 166 g/mol. The van der Waals surface area contributed by atoms with Gasteiger partial charge in [0, 0.05) is 19.0 Å². The van der Waals surface area contributed by atoms with E-state index in [1.54, 1.807) is 4.80 Å². The first-order valence-corrected chi connectivity index (χ1v) is 4.28. The van der Waals surface area contributed by atoms with Crippen molar-refractivity contribution in [3.05, 3.63) is 11.9 Å². The Labute approximate surface area is 72.0 Å². The molecule has 0 aromatic carbocycles. The number of nitrogens with zero attached hydrogens (tertiary/aromatic N) is 3. The molecule has 4 heteroatoms. The van der Waals surface area contributed by atoms with Gasteiger partial charge in [0.25, 0.3) is 0 Å². The Bertz CT molecular complexity index is 274. The van der Waals surface area contributed by atoms with E-state index in [0.29, 0.717) is 5.54 Å². The van der Waals surface area contributed by atoms with Crippen molar-refractivity contribution in [2.75, 3.05) is 7.05 Å². The lowest BCUT2D eigenvalue weighted by atomic mass is 10.1. The van der Waals surface area contributed by atoms with Crippen molar-refractivity contribution in [2.45, 2.75) is 24.8 Å². The highest BCUT2D eigenvalue weighted by Gasteiger charge is 2.41. The molecule has 1 fully saturated rings. The average Bonchev–Trinajstić information content (AvgIpc) is 2.71. The largest absolute Gasteiger partial charge is 0.314 e. The molecule has 0 aliphatic heterocycles. The van der Waals surface area contributed by atoms with Crippen LogP contribution in [0.5, 0.6) is 0 Å². The highest BCUT2D eigenvalue weighted by atomic mass is 15.4. The molecule has 0 unspecified atom stereocenters. The van der Waals surface area contributed by atoms with E-state index in [1.165, 1.54) is 12.8 Å². The molecule has 1 aliphatic rings. The Morgan fingerprint density at radius 1 is 1.67 bits per heavy atom. The summed E-state index contributed by atoms with van der Waals surface area (Å²) in [6.07, 6.45) is 5.38. The van der Waals surface area contributed by atoms with Crippen LogP contribution in [0.25, 0.3) is 0 Å². The van der Waals surface area contributed by atoms with Gasteiger partial charge >= 0.3 is 0 Å². The summed E-state index contributed by atoms with van der Waals surface area (Å²) in [4.78, 5) is 1.61. The molecule has 1 heterocycles. The van der Waals surface area contributed by atoms with Gasteiger partial charge in [0.05, 0.1) is 11.9 Å². The number of hydrogen-bond acceptors (Lipinski definition) is 3. The van der Waals surface area contributed by atoms with Gasteiger partial charge in [-0.3, -0.25) is 0 Å². The Morgan fingerprint density at radius 3 is 2.83 bits per heavy atom. The molecule has 0 saturated heterocycles. The molecule has 1 aliphatic carbocycles. The molecular weight excluding hydrogens is 152 g/mol. The minimum atomic E-state index is 0.343. The van der Waals surface area contributed by atoms with Crippen molar-refractivity contribution < 1.29 is 0 Å². The van der Waals surface area contributed by atoms with Gasteiger partial charge in [0.15, 0.2) is 0 Å². The van der Waals surface area contributed by atoms with E-state index in [1.807, 2.05) is 20.3 Å². The third kappa shape index (κ3) is 1.34. The Kier molecular flexibility index (Phi) is 1.65. The molecule has 0 radical (unpaired) electrons. The van der Waals surface area contributed by atoms with E-state index >= 15 is 0 Å². The van der Waals surface area contributed by atoms with Crippen LogP contribution in [0.15, 0.2) is 6.20 Å². The standard InChI is InChI=1S/C8H14N4/c1-9-8(3-4-8)5-7-6-10-12(2)11-7/h6,9H,3-5H2,1-2H3. The molecule has 1 aromatic rings. The smallest absolute Gasteiger partial charge is 0.0845 e. The maximum absolute atomic E-state index is 4.25. The zero-order valence-electron chi connectivity index (χ0n) is 7.54. The zero-order chi connectivity index (χ0) is 8.60. The van der Waals surface area contributed by atoms with Crippen LogP contribution in [0.2, 0.25) is 0 Å². The molecule has 0 spiro atoms. The predicted molar refractivity (Wildman–Crippen MR) is 45.7 cm³/mol. The molecule has 12 heavy (non-hydrogen) atoms. The summed E-state index contributed by atoms with van der Waals surface area (Å²) in [6.45, 7) is 0. The van der Waals surface area contributed by atoms with Crippen molar-refractivity contribution in [1.82, 2.24) is 20.3 Å². The quantitative estimate of drug-likeness (QED) is 0.693. The highest BCUT2D eigenvalue weighted by molar-refractivity contribution is 5.10. The van der Waals surface area contributed by atoms with Crippen LogP contribution in [0, 0.1) is 0 Å². The first kappa shape index (κ1) is 7.73. The number of rotatable bonds is 3. The number of aromatic nitrogens is 3. The van der Waals surface area contributed by atoms with Crippen LogP contribution in [-0.4, -0.2) is 27.6 Å². The number of hydrogen-bond donors (Lipinski definition) is 1. The Balaban J connectivity index is 2.04. The fraction of sp³-hybridized carbons (Fsp3) is 0.750. The lowest BCUT2D eigenvalue weighted by Gasteiger charge is -2.10. The molecule has 1 N–H and O–H groups in total. The van der Waals surface area contributed by atoms with Gasteiger partial charge < -0.3 is 5.32 Å². The van der Waals surface area contributed by atoms with Gasteiger partial charge in [0.2, 0.25) is 0 Å². The Morgan fingerprint density at radius 2 is 2.42 bits per heavy atom. The van der Waals surface area contributed by atoms with Crippen molar-refractivity contribution in [3.63, 3.8) is 0 Å². The summed E-state index contributed by atoms with van der Waals surface area (Å²) in [5.74, 6) is 0. The van der Waals surface area contributed by atoms with Gasteiger partial charge in [-0.1, -0.05) is 0 Å². The van der Waals surface area contributed by atoms with Crippen LogP contribution < -0.4 is 5.32 Å². The maximum Gasteiger partial charge on any atom is 0.0845 e. The molecule has 2 rings (SSSR count). The molecule has 0 amide bonds. The van der Waals surface area contributed by atoms with Crippen LogP contribution in [0.1, 0.15) is 18.5 Å². The second-order valence-corrected chi connectivity index (χ2v) is 3.53. The normalized spacial score (nSPS) is 19.5. The van der Waals surface area contributed by atoms with Gasteiger partial charge in [-0.05, 0) is 19.9 Å². The topological polar surface area (TPSA) is 42.7 Å². The molecule has 1 aromatic heterocycles. The van der Waals surface area contributed by atoms with Crippen molar-refractivity contribution in [2.24, 2.45) is 7.05 Å². The molecular formula is C8H14N4. The van der Waals surface area contributed by atoms with Gasteiger partial charge in [-0.25, -0.2) is 0 Å². The van der Waals surface area contributed by atoms with E-state index in [-0.39, 0.29) is 0 Å². The summed E-state index contributed by atoms with van der Waals surface area (Å²) < 4.78 is 0. The van der Waals surface area contributed by atoms with E-state index in [4.69, 9.17) is 0 Å². The molecule has 4 nitrogen and oxygen atoms in total. The minimum absolute atomic E-state index is 0.343. The van der Waals surface area contributed by atoms with E-state index in [2.05, 4.69) is 15.5 Å². The van der Waals surface area contributed by atoms with Crippen molar-refractivity contribution >= 4 is 0 Å². The van der Waals surface area contributed by atoms with E-state index < -0.39 is 0 Å². The summed E-state index contributed by atoms with van der Waals surface area (Å²) in [6, 6.07) is 0. The number of likely N-dealkylation sites (N-methyl/N-ethyl adjacent to an activating group) is 1. The maximum atomic E-state index is 4.25. The highest BCUT2D eigenvalue weighted by Crippen LogP contribution is 2.37. The third-order valence-electron chi connectivity index (χ3n) is 2.55. The lowest BCUT2D eigenvalue weighted by Crippen LogP contribution is -2.29. The van der Waals surface area contributed by atoms with Gasteiger partial charge in [-0.15, -0.1) is 0 Å². The molecule has 0 atom stereocenters. The van der Waals surface area contributed by atoms with Crippen LogP contribution in [-0.2, 0) is 13.5 Å². The summed E-state index contributed by atoms with van der Waals surface area (Å²) >= 11 is 0. The summed E-state index contributed by atoms with van der Waals surface area (Å²) in [7, 11) is 3.87. The summed E-state index contributed by atoms with van der Waals surface area (Å²) in [5, 5.41) is 11.6. The molecule has 66 valence electrons. The third-order valence-corrected chi connectivity index (χ3v) is 2.55. The minimum Gasteiger partial charge on any atom is -0.314 e. The van der Waals surface area contributed by atoms with E-state index in [9.17, 15) is 0 Å². The fourth-order valence-electron chi connectivity index (χ4n) is 1.48. The summed E-state index contributed by atoms with van der Waals surface area (Å²) in [5.41, 5.74) is 1.43. The van der Waals surface area contributed by atoms with Gasteiger partial charge in [0.1, 0.15) is 0 Å². The van der Waals surface area contributed by atoms with Gasteiger partial charge in [-0.2, -0.15) is 15.0 Å². The van der Waals surface area contributed by atoms with Crippen molar-refractivity contribution in [3.8, 4) is 0 Å². The zero-order valence-corrected chi connectivity index (χ0v) is 7.54. The van der Waals surface area contributed by atoms with E-state index in [0.717, 1.165) is 12.1 Å². The lowest BCUT2D eigenvalue weighted by molar-refractivity contribution is 0.535. The monoisotopic (exact) mass is 166 g/mol. The Hall–Kier alpha value is -0.900. The van der Waals surface area contributed by atoms with Crippen LogP contribution in [0.4, 0.5) is 0 Å². The predicted octanol–water partition coefficient (Wildman–Crippen LogP) is 0.110. The first-order chi connectivity index (χ1) is 5.74. The van der Waals surface area contributed by atoms with Crippen molar-refractivity contribution in [1.29, 1.82) is 0 Å². The SMILES string of the molecule is CNC1(Cc2cnn(C)n2)CC1. The molecule has 1 saturated carbocycles.